The van der Waals surface area contributed by atoms with Crippen LogP contribution in [0, 0.1) is 6.92 Å². The van der Waals surface area contributed by atoms with Crippen LogP contribution < -0.4 is 0 Å². The molecule has 6 nitrogen and oxygen atoms in total. The van der Waals surface area contributed by atoms with Crippen LogP contribution in [0.2, 0.25) is 0 Å². The lowest BCUT2D eigenvalue weighted by molar-refractivity contribution is -0.0753. The van der Waals surface area contributed by atoms with E-state index in [4.69, 9.17) is 4.74 Å². The van der Waals surface area contributed by atoms with E-state index < -0.39 is 0 Å². The van der Waals surface area contributed by atoms with Crippen LogP contribution in [-0.2, 0) is 4.74 Å². The standard InChI is InChI=1S/C18H22N4O2/c1-13-14(12-20-22(13)17-8-4-5-9-19-17)18(23)21-10-11-24-16-7-3-2-6-15(16)21/h4-5,8-9,12,15-16H,2-3,6-7,10-11H2,1H3/t15-,16+/m1/s1. The average molecular weight is 326 g/mol. The number of carbonyl (C=O) groups excluding carboxylic acids is 1. The molecule has 2 aromatic rings. The third kappa shape index (κ3) is 2.60. The molecule has 0 radical (unpaired) electrons. The van der Waals surface area contributed by atoms with Gasteiger partial charge in [0, 0.05) is 12.7 Å². The van der Waals surface area contributed by atoms with E-state index in [1.165, 1.54) is 12.8 Å². The monoisotopic (exact) mass is 326 g/mol. The molecule has 0 N–H and O–H groups in total. The third-order valence-corrected chi connectivity index (χ3v) is 5.10. The highest BCUT2D eigenvalue weighted by molar-refractivity contribution is 5.95. The van der Waals surface area contributed by atoms with Crippen molar-refractivity contribution in [1.29, 1.82) is 0 Å². The first kappa shape index (κ1) is 15.3. The minimum absolute atomic E-state index is 0.0647. The summed E-state index contributed by atoms with van der Waals surface area (Å²) in [6, 6.07) is 5.88. The van der Waals surface area contributed by atoms with Crippen molar-refractivity contribution in [2.45, 2.75) is 44.8 Å². The van der Waals surface area contributed by atoms with Gasteiger partial charge in [0.1, 0.15) is 0 Å². The number of amides is 1. The number of carbonyl (C=O) groups is 1. The van der Waals surface area contributed by atoms with Gasteiger partial charge in [0.2, 0.25) is 0 Å². The van der Waals surface area contributed by atoms with E-state index in [0.29, 0.717) is 18.7 Å². The summed E-state index contributed by atoms with van der Waals surface area (Å²) < 4.78 is 7.61. The van der Waals surface area contributed by atoms with Crippen LogP contribution in [0.3, 0.4) is 0 Å². The zero-order valence-electron chi connectivity index (χ0n) is 13.9. The van der Waals surface area contributed by atoms with Gasteiger partial charge in [-0.25, -0.2) is 9.67 Å². The van der Waals surface area contributed by atoms with E-state index in [2.05, 4.69) is 10.1 Å². The third-order valence-electron chi connectivity index (χ3n) is 5.10. The van der Waals surface area contributed by atoms with Crippen molar-refractivity contribution in [3.8, 4) is 5.82 Å². The van der Waals surface area contributed by atoms with Gasteiger partial charge in [-0.1, -0.05) is 18.9 Å². The highest BCUT2D eigenvalue weighted by Crippen LogP contribution is 2.30. The molecule has 1 saturated heterocycles. The van der Waals surface area contributed by atoms with Gasteiger partial charge in [-0.15, -0.1) is 0 Å². The van der Waals surface area contributed by atoms with Gasteiger partial charge in [0.15, 0.2) is 5.82 Å². The Labute approximate surface area is 141 Å². The zero-order chi connectivity index (χ0) is 16.5. The summed E-state index contributed by atoms with van der Waals surface area (Å²) >= 11 is 0. The van der Waals surface area contributed by atoms with E-state index in [1.54, 1.807) is 17.1 Å². The largest absolute Gasteiger partial charge is 0.374 e. The molecule has 2 atom stereocenters. The van der Waals surface area contributed by atoms with Crippen molar-refractivity contribution in [2.24, 2.45) is 0 Å². The first-order valence-corrected chi connectivity index (χ1v) is 8.64. The molecule has 1 aliphatic heterocycles. The lowest BCUT2D eigenvalue weighted by atomic mass is 9.90. The molecule has 0 unspecified atom stereocenters. The maximum atomic E-state index is 13.1. The second-order valence-corrected chi connectivity index (χ2v) is 6.50. The second-order valence-electron chi connectivity index (χ2n) is 6.50. The number of hydrogen-bond donors (Lipinski definition) is 0. The van der Waals surface area contributed by atoms with Crippen LogP contribution >= 0.6 is 0 Å². The van der Waals surface area contributed by atoms with Gasteiger partial charge < -0.3 is 9.64 Å². The Hall–Kier alpha value is -2.21. The summed E-state index contributed by atoms with van der Waals surface area (Å²) in [6.07, 6.45) is 8.04. The maximum Gasteiger partial charge on any atom is 0.257 e. The number of nitrogens with zero attached hydrogens (tertiary/aromatic N) is 4. The number of rotatable bonds is 2. The van der Waals surface area contributed by atoms with Crippen molar-refractivity contribution >= 4 is 5.91 Å². The van der Waals surface area contributed by atoms with Crippen molar-refractivity contribution in [2.75, 3.05) is 13.2 Å². The minimum atomic E-state index is 0.0647. The summed E-state index contributed by atoms with van der Waals surface area (Å²) in [6.45, 7) is 3.21. The summed E-state index contributed by atoms with van der Waals surface area (Å²) in [5, 5.41) is 4.38. The van der Waals surface area contributed by atoms with E-state index in [1.807, 2.05) is 30.0 Å². The average Bonchev–Trinajstić information content (AvgIpc) is 3.03. The predicted octanol–water partition coefficient (Wildman–Crippen LogP) is 2.36. The van der Waals surface area contributed by atoms with Gasteiger partial charge in [0.25, 0.3) is 5.91 Å². The number of morpholine rings is 1. The highest BCUT2D eigenvalue weighted by Gasteiger charge is 2.37. The molecule has 24 heavy (non-hydrogen) atoms. The lowest BCUT2D eigenvalue weighted by Gasteiger charge is -2.43. The van der Waals surface area contributed by atoms with Gasteiger partial charge in [-0.05, 0) is 31.9 Å². The van der Waals surface area contributed by atoms with Crippen LogP contribution in [-0.4, -0.2) is 50.9 Å². The Morgan fingerprint density at radius 3 is 3.00 bits per heavy atom. The molecule has 0 aromatic carbocycles. The highest BCUT2D eigenvalue weighted by atomic mass is 16.5. The smallest absolute Gasteiger partial charge is 0.257 e. The van der Waals surface area contributed by atoms with E-state index >= 15 is 0 Å². The second kappa shape index (κ2) is 6.36. The van der Waals surface area contributed by atoms with E-state index in [9.17, 15) is 4.79 Å². The Balaban J connectivity index is 1.62. The maximum absolute atomic E-state index is 13.1. The van der Waals surface area contributed by atoms with Gasteiger partial charge >= 0.3 is 0 Å². The van der Waals surface area contributed by atoms with Crippen LogP contribution in [0.15, 0.2) is 30.6 Å². The van der Waals surface area contributed by atoms with E-state index in [0.717, 1.165) is 24.4 Å². The first-order valence-electron chi connectivity index (χ1n) is 8.64. The number of pyridine rings is 1. The molecule has 0 bridgehead atoms. The first-order chi connectivity index (χ1) is 11.8. The molecular formula is C18H22N4O2. The number of hydrogen-bond acceptors (Lipinski definition) is 4. The number of aromatic nitrogens is 3. The molecule has 1 aliphatic carbocycles. The topological polar surface area (TPSA) is 60.3 Å². The molecule has 3 heterocycles. The molecule has 2 fully saturated rings. The lowest BCUT2D eigenvalue weighted by Crippen LogP contribution is -2.54. The van der Waals surface area contributed by atoms with E-state index in [-0.39, 0.29) is 18.1 Å². The molecule has 2 aromatic heterocycles. The summed E-state index contributed by atoms with van der Waals surface area (Å²) in [5.74, 6) is 0.793. The van der Waals surface area contributed by atoms with Gasteiger partial charge in [0.05, 0.1) is 36.2 Å². The molecule has 0 spiro atoms. The normalized spacial score (nSPS) is 23.8. The number of ether oxygens (including phenoxy) is 1. The molecule has 2 aliphatic rings. The summed E-state index contributed by atoms with van der Waals surface area (Å²) in [5.41, 5.74) is 1.49. The molecular weight excluding hydrogens is 304 g/mol. The molecule has 1 saturated carbocycles. The summed E-state index contributed by atoms with van der Waals surface area (Å²) in [7, 11) is 0. The fraction of sp³-hybridized carbons (Fsp3) is 0.500. The molecule has 126 valence electrons. The van der Waals surface area contributed by atoms with Gasteiger partial charge in [-0.2, -0.15) is 5.10 Å². The summed E-state index contributed by atoms with van der Waals surface area (Å²) in [4.78, 5) is 19.4. The van der Waals surface area contributed by atoms with Crippen molar-refractivity contribution in [3.63, 3.8) is 0 Å². The molecule has 1 amide bonds. The SMILES string of the molecule is Cc1c(C(=O)N2CCO[C@H]3CCCC[C@H]32)cnn1-c1ccccn1. The van der Waals surface area contributed by atoms with Crippen molar-refractivity contribution < 1.29 is 9.53 Å². The van der Waals surface area contributed by atoms with Gasteiger partial charge in [-0.3, -0.25) is 4.79 Å². The molecule has 6 heteroatoms. The fourth-order valence-corrected chi connectivity index (χ4v) is 3.83. The Bertz CT molecular complexity index is 726. The van der Waals surface area contributed by atoms with Crippen LogP contribution in [0.25, 0.3) is 5.82 Å². The predicted molar refractivity (Wildman–Crippen MR) is 89.1 cm³/mol. The van der Waals surface area contributed by atoms with Crippen LogP contribution in [0.1, 0.15) is 41.7 Å². The minimum Gasteiger partial charge on any atom is -0.374 e. The molecule has 4 rings (SSSR count). The Morgan fingerprint density at radius 1 is 1.29 bits per heavy atom. The van der Waals surface area contributed by atoms with Crippen molar-refractivity contribution in [1.82, 2.24) is 19.7 Å². The fourth-order valence-electron chi connectivity index (χ4n) is 3.83. The van der Waals surface area contributed by atoms with Crippen molar-refractivity contribution in [3.05, 3.63) is 41.9 Å². The van der Waals surface area contributed by atoms with Crippen LogP contribution in [0.4, 0.5) is 0 Å². The van der Waals surface area contributed by atoms with Crippen LogP contribution in [0.5, 0.6) is 0 Å². The number of fused-ring (bicyclic) bond motifs is 1. The Kier molecular flexibility index (Phi) is 4.06. The quantitative estimate of drug-likeness (QED) is 0.850. The Morgan fingerprint density at radius 2 is 2.17 bits per heavy atom. The zero-order valence-corrected chi connectivity index (χ0v) is 13.9.